The standard InChI is InChI=1S/C24H24ClN3O2S2.ClH/c1-28-15-19-5-3-4-6-22(19)23(18-9-11-20(25)12-10-18)26-24(28)31-16-17-7-13-21(14-8-17)27-32(2,29)30;/h3-14,23,27H,15-16H2,1-2H3;1H. The van der Waals surface area contributed by atoms with Crippen molar-refractivity contribution in [1.29, 1.82) is 0 Å². The van der Waals surface area contributed by atoms with Crippen molar-refractivity contribution in [3.63, 3.8) is 0 Å². The van der Waals surface area contributed by atoms with E-state index in [1.54, 1.807) is 23.9 Å². The molecule has 0 spiro atoms. The molecule has 0 bridgehead atoms. The molecule has 0 saturated heterocycles. The van der Waals surface area contributed by atoms with E-state index in [1.807, 2.05) is 36.4 Å². The number of halogens is 2. The summed E-state index contributed by atoms with van der Waals surface area (Å²) in [6.07, 6.45) is 1.14. The van der Waals surface area contributed by atoms with E-state index in [9.17, 15) is 8.42 Å². The van der Waals surface area contributed by atoms with Crippen LogP contribution in [0.1, 0.15) is 28.3 Å². The zero-order chi connectivity index (χ0) is 22.7. The van der Waals surface area contributed by atoms with Crippen LogP contribution in [0.25, 0.3) is 0 Å². The molecule has 33 heavy (non-hydrogen) atoms. The van der Waals surface area contributed by atoms with Gasteiger partial charge in [-0.05, 0) is 46.5 Å². The number of rotatable bonds is 5. The molecule has 9 heteroatoms. The van der Waals surface area contributed by atoms with E-state index in [4.69, 9.17) is 16.6 Å². The zero-order valence-electron chi connectivity index (χ0n) is 18.2. The van der Waals surface area contributed by atoms with Crippen LogP contribution < -0.4 is 4.72 Å². The highest BCUT2D eigenvalue weighted by atomic mass is 35.5. The van der Waals surface area contributed by atoms with Gasteiger partial charge in [-0.15, -0.1) is 12.4 Å². The van der Waals surface area contributed by atoms with Crippen molar-refractivity contribution in [3.05, 3.63) is 100 Å². The largest absolute Gasteiger partial charge is 0.350 e. The highest BCUT2D eigenvalue weighted by Crippen LogP contribution is 2.34. The Kier molecular flexibility index (Phi) is 8.34. The molecule has 0 radical (unpaired) electrons. The third-order valence-electron chi connectivity index (χ3n) is 5.13. The number of amidine groups is 1. The summed E-state index contributed by atoms with van der Waals surface area (Å²) in [6.45, 7) is 0.781. The molecule has 174 valence electrons. The van der Waals surface area contributed by atoms with Gasteiger partial charge >= 0.3 is 0 Å². The van der Waals surface area contributed by atoms with Crippen LogP contribution >= 0.6 is 35.8 Å². The van der Waals surface area contributed by atoms with Crippen molar-refractivity contribution in [2.75, 3.05) is 18.0 Å². The predicted octanol–water partition coefficient (Wildman–Crippen LogP) is 5.96. The highest BCUT2D eigenvalue weighted by molar-refractivity contribution is 8.13. The Morgan fingerprint density at radius 2 is 1.73 bits per heavy atom. The number of thioether (sulfide) groups is 1. The molecule has 1 N–H and O–H groups in total. The average molecular weight is 523 g/mol. The van der Waals surface area contributed by atoms with E-state index in [0.717, 1.165) is 34.8 Å². The third kappa shape index (κ3) is 6.67. The molecular formula is C24H25Cl2N3O2S2. The Hall–Kier alpha value is -2.19. The van der Waals surface area contributed by atoms with Crippen molar-refractivity contribution >= 4 is 56.6 Å². The second-order valence-electron chi connectivity index (χ2n) is 7.78. The number of anilines is 1. The minimum Gasteiger partial charge on any atom is -0.350 e. The van der Waals surface area contributed by atoms with Gasteiger partial charge in [-0.25, -0.2) is 13.4 Å². The van der Waals surface area contributed by atoms with Crippen molar-refractivity contribution in [1.82, 2.24) is 4.90 Å². The van der Waals surface area contributed by atoms with Crippen LogP contribution in [0, 0.1) is 0 Å². The number of benzene rings is 3. The first-order chi connectivity index (χ1) is 15.3. The Balaban J connectivity index is 0.00000306. The van der Waals surface area contributed by atoms with E-state index in [2.05, 4.69) is 40.9 Å². The van der Waals surface area contributed by atoms with Crippen LogP contribution in [0.15, 0.2) is 77.8 Å². The lowest BCUT2D eigenvalue weighted by molar-refractivity contribution is 0.513. The lowest BCUT2D eigenvalue weighted by Gasteiger charge is -2.19. The number of sulfonamides is 1. The lowest BCUT2D eigenvalue weighted by atomic mass is 9.95. The zero-order valence-corrected chi connectivity index (χ0v) is 21.4. The molecule has 1 aliphatic heterocycles. The fraction of sp³-hybridized carbons (Fsp3) is 0.208. The number of hydrogen-bond acceptors (Lipinski definition) is 5. The van der Waals surface area contributed by atoms with Gasteiger partial charge in [0.15, 0.2) is 5.17 Å². The number of nitrogens with zero attached hydrogens (tertiary/aromatic N) is 2. The molecule has 1 atom stereocenters. The fourth-order valence-electron chi connectivity index (χ4n) is 3.62. The molecular weight excluding hydrogens is 497 g/mol. The van der Waals surface area contributed by atoms with Gasteiger partial charge in [-0.1, -0.05) is 71.9 Å². The van der Waals surface area contributed by atoms with E-state index in [0.29, 0.717) is 10.7 Å². The third-order valence-corrected chi connectivity index (χ3v) is 7.15. The topological polar surface area (TPSA) is 61.8 Å². The SMILES string of the molecule is CN1Cc2ccccc2C(c2ccc(Cl)cc2)N=C1SCc1ccc(NS(C)(=O)=O)cc1.Cl. The Bertz CT molecular complexity index is 1230. The molecule has 1 heterocycles. The predicted molar refractivity (Wildman–Crippen MR) is 142 cm³/mol. The quantitative estimate of drug-likeness (QED) is 0.450. The van der Waals surface area contributed by atoms with E-state index in [-0.39, 0.29) is 18.4 Å². The summed E-state index contributed by atoms with van der Waals surface area (Å²) in [4.78, 5) is 7.33. The van der Waals surface area contributed by atoms with Gasteiger partial charge in [0.2, 0.25) is 10.0 Å². The minimum absolute atomic E-state index is 0. The van der Waals surface area contributed by atoms with Crippen molar-refractivity contribution in [2.24, 2.45) is 4.99 Å². The van der Waals surface area contributed by atoms with Gasteiger partial charge in [0.1, 0.15) is 6.04 Å². The summed E-state index contributed by atoms with van der Waals surface area (Å²) in [6, 6.07) is 23.6. The van der Waals surface area contributed by atoms with Gasteiger partial charge in [-0.2, -0.15) is 0 Å². The van der Waals surface area contributed by atoms with E-state index in [1.165, 1.54) is 11.1 Å². The number of aliphatic imine (C=N–C) groups is 1. The normalized spacial score (nSPS) is 15.7. The first kappa shape index (κ1) is 25.4. The highest BCUT2D eigenvalue weighted by Gasteiger charge is 2.23. The summed E-state index contributed by atoms with van der Waals surface area (Å²) in [5.74, 6) is 0.728. The molecule has 1 aliphatic rings. The van der Waals surface area contributed by atoms with E-state index >= 15 is 0 Å². The molecule has 0 aromatic heterocycles. The van der Waals surface area contributed by atoms with Crippen molar-refractivity contribution in [3.8, 4) is 0 Å². The van der Waals surface area contributed by atoms with Crippen LogP contribution in [0.4, 0.5) is 5.69 Å². The molecule has 0 saturated carbocycles. The van der Waals surface area contributed by atoms with Crippen LogP contribution in [0.2, 0.25) is 5.02 Å². The monoisotopic (exact) mass is 521 g/mol. The fourth-order valence-corrected chi connectivity index (χ4v) is 5.27. The van der Waals surface area contributed by atoms with Crippen LogP contribution in [0.5, 0.6) is 0 Å². The van der Waals surface area contributed by atoms with Crippen LogP contribution in [0.3, 0.4) is 0 Å². The molecule has 3 aromatic rings. The maximum atomic E-state index is 11.4. The van der Waals surface area contributed by atoms with Crippen molar-refractivity contribution < 1.29 is 8.42 Å². The van der Waals surface area contributed by atoms with Gasteiger partial charge in [-0.3, -0.25) is 4.72 Å². The summed E-state index contributed by atoms with van der Waals surface area (Å²) >= 11 is 7.79. The first-order valence-electron chi connectivity index (χ1n) is 10.1. The molecule has 3 aromatic carbocycles. The second-order valence-corrected chi connectivity index (χ2v) is 10.9. The summed E-state index contributed by atoms with van der Waals surface area (Å²) in [5.41, 5.74) is 5.21. The number of hydrogen-bond donors (Lipinski definition) is 1. The van der Waals surface area contributed by atoms with Crippen LogP contribution in [-0.4, -0.2) is 31.8 Å². The lowest BCUT2D eigenvalue weighted by Crippen LogP contribution is -2.22. The second kappa shape index (κ2) is 10.8. The Morgan fingerprint density at radius 1 is 1.06 bits per heavy atom. The minimum atomic E-state index is -3.28. The average Bonchev–Trinajstić information content (AvgIpc) is 2.89. The summed E-state index contributed by atoms with van der Waals surface area (Å²) in [7, 11) is -1.22. The Morgan fingerprint density at radius 3 is 2.39 bits per heavy atom. The smallest absolute Gasteiger partial charge is 0.229 e. The molecule has 0 amide bonds. The van der Waals surface area contributed by atoms with Gasteiger partial charge in [0.05, 0.1) is 6.26 Å². The number of nitrogens with one attached hydrogen (secondary N) is 1. The van der Waals surface area contributed by atoms with Gasteiger partial charge in [0, 0.05) is 30.1 Å². The van der Waals surface area contributed by atoms with Gasteiger partial charge < -0.3 is 4.90 Å². The first-order valence-corrected chi connectivity index (χ1v) is 13.4. The molecule has 4 rings (SSSR count). The maximum Gasteiger partial charge on any atom is 0.229 e. The van der Waals surface area contributed by atoms with Crippen LogP contribution in [-0.2, 0) is 22.3 Å². The van der Waals surface area contributed by atoms with Gasteiger partial charge in [0.25, 0.3) is 0 Å². The van der Waals surface area contributed by atoms with E-state index < -0.39 is 10.0 Å². The Labute approximate surface area is 210 Å². The molecule has 0 fully saturated rings. The maximum absolute atomic E-state index is 11.4. The summed E-state index contributed by atoms with van der Waals surface area (Å²) in [5, 5.41) is 1.67. The van der Waals surface area contributed by atoms with Crippen molar-refractivity contribution in [2.45, 2.75) is 18.3 Å². The number of fused-ring (bicyclic) bond motifs is 1. The summed E-state index contributed by atoms with van der Waals surface area (Å²) < 4.78 is 25.3. The molecule has 0 aliphatic carbocycles. The molecule has 1 unspecified atom stereocenters. The molecule has 5 nitrogen and oxygen atoms in total.